The number of carbonyl (C=O) groups excluding carboxylic acids is 1. The molecular weight excluding hydrogens is 555 g/mol. The predicted octanol–water partition coefficient (Wildman–Crippen LogP) is 4.38. The van der Waals surface area contributed by atoms with Gasteiger partial charge in [-0.15, -0.1) is 22.7 Å². The molecule has 0 bridgehead atoms. The molecule has 5 rings (SSSR count). The van der Waals surface area contributed by atoms with Crippen LogP contribution in [0.1, 0.15) is 22.4 Å². The third-order valence-corrected chi connectivity index (χ3v) is 8.26. The van der Waals surface area contributed by atoms with Crippen LogP contribution in [0.4, 0.5) is 5.00 Å². The number of aromatic nitrogens is 3. The summed E-state index contributed by atoms with van der Waals surface area (Å²) in [5, 5.41) is 16.1. The van der Waals surface area contributed by atoms with Gasteiger partial charge in [0.25, 0.3) is 0 Å². The Morgan fingerprint density at radius 2 is 2.19 bits per heavy atom. The van der Waals surface area contributed by atoms with E-state index >= 15 is 0 Å². The number of benzene rings is 1. The molecule has 3 N–H and O–H groups in total. The Bertz CT molecular complexity index is 1210. The van der Waals surface area contributed by atoms with Crippen LogP contribution in [0.15, 0.2) is 36.7 Å². The average molecular weight is 579 g/mol. The highest BCUT2D eigenvalue weighted by molar-refractivity contribution is 14.1. The molecule has 10 heteroatoms. The second-order valence-electron chi connectivity index (χ2n) is 7.60. The molecule has 0 saturated carbocycles. The monoisotopic (exact) mass is 578 g/mol. The van der Waals surface area contributed by atoms with Crippen LogP contribution in [0.25, 0.3) is 20.8 Å². The first-order valence-corrected chi connectivity index (χ1v) is 13.7. The molecule has 1 amide bonds. The molecule has 0 atom stereocenters. The summed E-state index contributed by atoms with van der Waals surface area (Å²) in [4.78, 5) is 18.9. The Hall–Kier alpha value is -1.86. The summed E-state index contributed by atoms with van der Waals surface area (Å²) in [6.07, 6.45) is 5.26. The van der Waals surface area contributed by atoms with Gasteiger partial charge >= 0.3 is 0 Å². The lowest BCUT2D eigenvalue weighted by Gasteiger charge is -2.13. The van der Waals surface area contributed by atoms with Crippen molar-refractivity contribution in [3.05, 3.63) is 52.7 Å². The van der Waals surface area contributed by atoms with E-state index in [1.807, 2.05) is 35.3 Å². The number of carbonyl (C=O) groups is 1. The minimum absolute atomic E-state index is 0.0226. The van der Waals surface area contributed by atoms with E-state index in [2.05, 4.69) is 49.7 Å². The number of anilines is 1. The predicted molar refractivity (Wildman–Crippen MR) is 140 cm³/mol. The Kier molecular flexibility index (Phi) is 6.83. The van der Waals surface area contributed by atoms with Crippen molar-refractivity contribution in [3.8, 4) is 10.6 Å². The summed E-state index contributed by atoms with van der Waals surface area (Å²) >= 11 is 5.65. The van der Waals surface area contributed by atoms with Crippen molar-refractivity contribution in [1.29, 1.82) is 0 Å². The first-order valence-electron chi connectivity index (χ1n) is 10.5. The summed E-state index contributed by atoms with van der Waals surface area (Å²) in [7, 11) is 0. The van der Waals surface area contributed by atoms with Gasteiger partial charge < -0.3 is 16.0 Å². The lowest BCUT2D eigenvalue weighted by Crippen LogP contribution is -2.22. The third-order valence-electron chi connectivity index (χ3n) is 5.36. The van der Waals surface area contributed by atoms with Gasteiger partial charge in [-0.25, -0.2) is 4.98 Å². The largest absolute Gasteiger partial charge is 0.317 e. The van der Waals surface area contributed by atoms with Gasteiger partial charge in [-0.05, 0) is 30.7 Å². The van der Waals surface area contributed by atoms with Crippen LogP contribution in [-0.2, 0) is 28.9 Å². The van der Waals surface area contributed by atoms with Gasteiger partial charge in [0.1, 0.15) is 10.0 Å². The lowest BCUT2D eigenvalue weighted by atomic mass is 10.0. The molecule has 4 aromatic rings. The maximum absolute atomic E-state index is 12.7. The van der Waals surface area contributed by atoms with E-state index in [4.69, 9.17) is 4.98 Å². The van der Waals surface area contributed by atoms with Crippen molar-refractivity contribution in [2.45, 2.75) is 30.5 Å². The second kappa shape index (κ2) is 9.96. The first-order chi connectivity index (χ1) is 15.7. The zero-order chi connectivity index (χ0) is 21.9. The van der Waals surface area contributed by atoms with Crippen LogP contribution >= 0.6 is 45.3 Å². The van der Waals surface area contributed by atoms with Crippen molar-refractivity contribution in [2.24, 2.45) is 0 Å². The molecule has 1 aliphatic rings. The Morgan fingerprint density at radius 3 is 3.03 bits per heavy atom. The van der Waals surface area contributed by atoms with E-state index < -0.39 is 0 Å². The van der Waals surface area contributed by atoms with Crippen LogP contribution < -0.4 is 16.0 Å². The first kappa shape index (κ1) is 22.0. The standard InChI is InChI=1S/C22H23IN6OS2/c23-13-29-12-14(10-26-29)9-24-8-6-19(30)28-22-20(15-5-7-25-11-18(15)32-22)21-27-16-3-1-2-4-17(16)31-21/h1-4,10,12,24-25H,5-9,11,13H2,(H,28,30). The molecule has 166 valence electrons. The highest BCUT2D eigenvalue weighted by Crippen LogP contribution is 2.44. The maximum Gasteiger partial charge on any atom is 0.226 e. The van der Waals surface area contributed by atoms with Crippen LogP contribution in [0.3, 0.4) is 0 Å². The molecule has 0 aliphatic carbocycles. The second-order valence-corrected chi connectivity index (χ2v) is 10.4. The SMILES string of the molecule is O=C(CCNCc1cnn(CI)c1)Nc1sc2c(c1-c1nc3ccccc3s1)CCNC2. The molecule has 7 nitrogen and oxygen atoms in total. The summed E-state index contributed by atoms with van der Waals surface area (Å²) < 4.78 is 3.89. The zero-order valence-electron chi connectivity index (χ0n) is 17.4. The van der Waals surface area contributed by atoms with Crippen molar-refractivity contribution in [3.63, 3.8) is 0 Å². The van der Waals surface area contributed by atoms with Crippen LogP contribution in [0, 0.1) is 0 Å². The smallest absolute Gasteiger partial charge is 0.226 e. The Morgan fingerprint density at radius 1 is 1.28 bits per heavy atom. The molecule has 0 saturated heterocycles. The number of nitrogens with one attached hydrogen (secondary N) is 3. The lowest BCUT2D eigenvalue weighted by molar-refractivity contribution is -0.116. The molecule has 4 heterocycles. The van der Waals surface area contributed by atoms with Gasteiger partial charge in [-0.3, -0.25) is 9.48 Å². The number of amides is 1. The van der Waals surface area contributed by atoms with Crippen molar-refractivity contribution in [1.82, 2.24) is 25.4 Å². The number of thiazole rings is 1. The van der Waals surface area contributed by atoms with E-state index in [9.17, 15) is 4.79 Å². The van der Waals surface area contributed by atoms with Crippen molar-refractivity contribution in [2.75, 3.05) is 18.4 Å². The number of halogens is 1. The normalized spacial score (nSPS) is 13.4. The number of rotatable bonds is 8. The highest BCUT2D eigenvalue weighted by atomic mass is 127. The average Bonchev–Trinajstić information content (AvgIpc) is 3.52. The summed E-state index contributed by atoms with van der Waals surface area (Å²) in [5.74, 6) is 0.0226. The number of alkyl halides is 1. The topological polar surface area (TPSA) is 83.9 Å². The fourth-order valence-electron chi connectivity index (χ4n) is 3.81. The molecular formula is C22H23IN6OS2. The molecule has 0 spiro atoms. The van der Waals surface area contributed by atoms with Crippen molar-refractivity contribution >= 4 is 66.4 Å². The molecule has 3 aromatic heterocycles. The quantitative estimate of drug-likeness (QED) is 0.164. The fourth-order valence-corrected chi connectivity index (χ4v) is 6.53. The molecule has 32 heavy (non-hydrogen) atoms. The van der Waals surface area contributed by atoms with Gasteiger partial charge in [0, 0.05) is 48.3 Å². The number of thiophene rings is 1. The fraction of sp³-hybridized carbons (Fsp3) is 0.318. The van der Waals surface area contributed by atoms with E-state index in [1.165, 1.54) is 15.1 Å². The van der Waals surface area contributed by atoms with E-state index in [0.717, 1.165) is 50.7 Å². The number of nitrogens with zero attached hydrogens (tertiary/aromatic N) is 3. The van der Waals surface area contributed by atoms with Gasteiger partial charge in [0.2, 0.25) is 5.91 Å². The molecule has 0 fully saturated rings. The number of hydrogen-bond acceptors (Lipinski definition) is 7. The number of para-hydroxylation sites is 1. The summed E-state index contributed by atoms with van der Waals surface area (Å²) in [6.45, 7) is 3.12. The molecule has 0 radical (unpaired) electrons. The Balaban J connectivity index is 1.28. The molecule has 0 unspecified atom stereocenters. The van der Waals surface area contributed by atoms with Crippen LogP contribution in [0.2, 0.25) is 0 Å². The maximum atomic E-state index is 12.7. The van der Waals surface area contributed by atoms with Gasteiger partial charge in [0.05, 0.1) is 21.0 Å². The number of fused-ring (bicyclic) bond motifs is 2. The van der Waals surface area contributed by atoms with Crippen molar-refractivity contribution < 1.29 is 4.79 Å². The van der Waals surface area contributed by atoms with E-state index in [-0.39, 0.29) is 5.91 Å². The van der Waals surface area contributed by atoms with Gasteiger partial charge in [-0.2, -0.15) is 5.10 Å². The van der Waals surface area contributed by atoms with E-state index in [1.54, 1.807) is 22.7 Å². The third kappa shape index (κ3) is 4.74. The zero-order valence-corrected chi connectivity index (χ0v) is 21.1. The minimum atomic E-state index is 0.0226. The van der Waals surface area contributed by atoms with Gasteiger partial charge in [0.15, 0.2) is 0 Å². The minimum Gasteiger partial charge on any atom is -0.317 e. The molecule has 1 aromatic carbocycles. The van der Waals surface area contributed by atoms with Crippen LogP contribution in [-0.4, -0.2) is 33.8 Å². The van der Waals surface area contributed by atoms with Crippen LogP contribution in [0.5, 0.6) is 0 Å². The number of hydrogen-bond donors (Lipinski definition) is 3. The Labute approximate surface area is 207 Å². The molecule has 1 aliphatic heterocycles. The summed E-state index contributed by atoms with van der Waals surface area (Å²) in [5.41, 5.74) is 4.57. The summed E-state index contributed by atoms with van der Waals surface area (Å²) in [6, 6.07) is 8.20. The highest BCUT2D eigenvalue weighted by Gasteiger charge is 2.25. The van der Waals surface area contributed by atoms with E-state index in [0.29, 0.717) is 19.5 Å². The van der Waals surface area contributed by atoms with Gasteiger partial charge in [-0.1, -0.05) is 34.7 Å².